The van der Waals surface area contributed by atoms with Gasteiger partial charge in [-0.25, -0.2) is 4.98 Å². The maximum absolute atomic E-state index is 13.0. The lowest BCUT2D eigenvalue weighted by Gasteiger charge is -2.40. The van der Waals surface area contributed by atoms with Gasteiger partial charge in [0.1, 0.15) is 5.82 Å². The highest BCUT2D eigenvalue weighted by Gasteiger charge is 2.34. The standard InChI is InChI=1S/C23H32ClF3N4O/c24-20-14-19(23(25,26)27)15-28-21(20)30-8-6-18(7-9-30)22(32)31-12-10-29(11-13-31)16-17-4-2-1-3-5-17/h14-15,17-18H,1-13,16H2. The first-order chi connectivity index (χ1) is 15.3. The molecule has 1 saturated carbocycles. The Labute approximate surface area is 192 Å². The van der Waals surface area contributed by atoms with Crippen LogP contribution in [0.3, 0.4) is 0 Å². The second kappa shape index (κ2) is 10.2. The van der Waals surface area contributed by atoms with Gasteiger partial charge in [0.15, 0.2) is 0 Å². The van der Waals surface area contributed by atoms with Gasteiger partial charge in [0.05, 0.1) is 10.6 Å². The summed E-state index contributed by atoms with van der Waals surface area (Å²) < 4.78 is 38.5. The van der Waals surface area contributed by atoms with Crippen LogP contribution in [-0.4, -0.2) is 66.5 Å². The molecule has 3 aliphatic rings. The Morgan fingerprint density at radius 1 is 1.00 bits per heavy atom. The van der Waals surface area contributed by atoms with E-state index in [1.165, 1.54) is 38.6 Å². The number of alkyl halides is 3. The molecule has 0 bridgehead atoms. The number of hydrogen-bond acceptors (Lipinski definition) is 4. The quantitative estimate of drug-likeness (QED) is 0.637. The molecule has 0 unspecified atom stereocenters. The molecule has 32 heavy (non-hydrogen) atoms. The summed E-state index contributed by atoms with van der Waals surface area (Å²) in [5.74, 6) is 1.36. The summed E-state index contributed by atoms with van der Waals surface area (Å²) in [7, 11) is 0. The summed E-state index contributed by atoms with van der Waals surface area (Å²) in [4.78, 5) is 23.4. The highest BCUT2D eigenvalue weighted by Crippen LogP contribution is 2.35. The zero-order valence-electron chi connectivity index (χ0n) is 18.4. The van der Waals surface area contributed by atoms with Crippen molar-refractivity contribution in [1.29, 1.82) is 0 Å². The Morgan fingerprint density at radius 2 is 1.66 bits per heavy atom. The van der Waals surface area contributed by atoms with Crippen LogP contribution in [0.1, 0.15) is 50.5 Å². The molecule has 0 aromatic carbocycles. The van der Waals surface area contributed by atoms with Gasteiger partial charge < -0.3 is 9.80 Å². The summed E-state index contributed by atoms with van der Waals surface area (Å²) in [5.41, 5.74) is -0.848. The number of aromatic nitrogens is 1. The second-order valence-corrected chi connectivity index (χ2v) is 9.83. The van der Waals surface area contributed by atoms with Gasteiger partial charge in [0.2, 0.25) is 5.91 Å². The van der Waals surface area contributed by atoms with Crippen molar-refractivity contribution in [2.75, 3.05) is 50.7 Å². The number of anilines is 1. The van der Waals surface area contributed by atoms with Crippen LogP contribution in [0.5, 0.6) is 0 Å². The molecule has 1 aliphatic carbocycles. The molecule has 5 nitrogen and oxygen atoms in total. The van der Waals surface area contributed by atoms with Gasteiger partial charge in [0, 0.05) is 57.9 Å². The Bertz CT molecular complexity index is 784. The number of piperazine rings is 1. The molecule has 178 valence electrons. The topological polar surface area (TPSA) is 39.7 Å². The van der Waals surface area contributed by atoms with Crippen molar-refractivity contribution in [2.24, 2.45) is 11.8 Å². The number of carbonyl (C=O) groups excluding carboxylic acids is 1. The number of pyridine rings is 1. The predicted molar refractivity (Wildman–Crippen MR) is 119 cm³/mol. The highest BCUT2D eigenvalue weighted by molar-refractivity contribution is 6.33. The summed E-state index contributed by atoms with van der Waals surface area (Å²) in [6.45, 7) is 5.78. The van der Waals surface area contributed by atoms with Crippen LogP contribution in [-0.2, 0) is 11.0 Å². The van der Waals surface area contributed by atoms with E-state index in [1.54, 1.807) is 0 Å². The van der Waals surface area contributed by atoms with Gasteiger partial charge in [-0.05, 0) is 37.7 Å². The van der Waals surface area contributed by atoms with E-state index < -0.39 is 11.7 Å². The number of rotatable bonds is 4. The van der Waals surface area contributed by atoms with E-state index in [1.807, 2.05) is 9.80 Å². The van der Waals surface area contributed by atoms with Crippen LogP contribution in [0.25, 0.3) is 0 Å². The highest BCUT2D eigenvalue weighted by atomic mass is 35.5. The van der Waals surface area contributed by atoms with Crippen molar-refractivity contribution in [3.05, 3.63) is 22.8 Å². The third-order valence-electron chi connectivity index (χ3n) is 7.22. The summed E-state index contributed by atoms with van der Waals surface area (Å²) in [5, 5.41) is -0.00121. The maximum atomic E-state index is 13.0. The predicted octanol–water partition coefficient (Wildman–Crippen LogP) is 4.69. The van der Waals surface area contributed by atoms with E-state index in [0.29, 0.717) is 31.7 Å². The van der Waals surface area contributed by atoms with Crippen molar-refractivity contribution in [2.45, 2.75) is 51.1 Å². The molecule has 0 radical (unpaired) electrons. The van der Waals surface area contributed by atoms with E-state index in [-0.39, 0.29) is 16.8 Å². The van der Waals surface area contributed by atoms with Crippen molar-refractivity contribution in [3.8, 4) is 0 Å². The van der Waals surface area contributed by atoms with Crippen LogP contribution >= 0.6 is 11.6 Å². The molecule has 2 aliphatic heterocycles. The lowest BCUT2D eigenvalue weighted by Crippen LogP contribution is -2.52. The minimum atomic E-state index is -4.46. The van der Waals surface area contributed by atoms with Crippen molar-refractivity contribution >= 4 is 23.3 Å². The number of piperidine rings is 1. The fourth-order valence-electron chi connectivity index (χ4n) is 5.30. The zero-order valence-corrected chi connectivity index (χ0v) is 19.2. The van der Waals surface area contributed by atoms with Gasteiger partial charge in [-0.1, -0.05) is 30.9 Å². The molecular weight excluding hydrogens is 441 g/mol. The van der Waals surface area contributed by atoms with Crippen molar-refractivity contribution in [3.63, 3.8) is 0 Å². The van der Waals surface area contributed by atoms with E-state index in [4.69, 9.17) is 11.6 Å². The normalized spacial score (nSPS) is 22.4. The molecule has 3 heterocycles. The third kappa shape index (κ3) is 5.68. The van der Waals surface area contributed by atoms with Gasteiger partial charge in [-0.15, -0.1) is 0 Å². The number of nitrogens with zero attached hydrogens (tertiary/aromatic N) is 4. The summed E-state index contributed by atoms with van der Waals surface area (Å²) in [6.07, 6.45) is 4.47. The van der Waals surface area contributed by atoms with Gasteiger partial charge in [-0.3, -0.25) is 9.69 Å². The van der Waals surface area contributed by atoms with Crippen LogP contribution in [0, 0.1) is 11.8 Å². The first-order valence-electron chi connectivity index (χ1n) is 11.8. The largest absolute Gasteiger partial charge is 0.417 e. The molecule has 4 rings (SSSR count). The van der Waals surface area contributed by atoms with E-state index in [9.17, 15) is 18.0 Å². The Hall–Kier alpha value is -1.54. The van der Waals surface area contributed by atoms with Crippen LogP contribution in [0.2, 0.25) is 5.02 Å². The minimum absolute atomic E-state index is 0.00121. The molecule has 2 saturated heterocycles. The number of carbonyl (C=O) groups is 1. The molecule has 0 spiro atoms. The molecule has 0 atom stereocenters. The SMILES string of the molecule is O=C(C1CCN(c2ncc(C(F)(F)F)cc2Cl)CC1)N1CCN(CC2CCCCC2)CC1. The second-order valence-electron chi connectivity index (χ2n) is 9.42. The van der Waals surface area contributed by atoms with Crippen LogP contribution < -0.4 is 4.90 Å². The lowest BCUT2D eigenvalue weighted by atomic mass is 9.89. The summed E-state index contributed by atoms with van der Waals surface area (Å²) >= 11 is 6.09. The summed E-state index contributed by atoms with van der Waals surface area (Å²) in [6, 6.07) is 0.925. The Morgan fingerprint density at radius 3 is 2.25 bits per heavy atom. The number of halogens is 4. The molecule has 1 aromatic heterocycles. The van der Waals surface area contributed by atoms with E-state index in [0.717, 1.165) is 44.4 Å². The number of hydrogen-bond donors (Lipinski definition) is 0. The van der Waals surface area contributed by atoms with Crippen molar-refractivity contribution in [1.82, 2.24) is 14.8 Å². The Kier molecular flexibility index (Phi) is 7.50. The van der Waals surface area contributed by atoms with E-state index in [2.05, 4.69) is 9.88 Å². The molecule has 1 amide bonds. The molecule has 1 aromatic rings. The van der Waals surface area contributed by atoms with Crippen LogP contribution in [0.4, 0.5) is 19.0 Å². The van der Waals surface area contributed by atoms with Gasteiger partial charge in [0.25, 0.3) is 0 Å². The Balaban J connectivity index is 1.24. The molecule has 9 heteroatoms. The first kappa shape index (κ1) is 23.6. The molecular formula is C23H32ClF3N4O. The molecule has 3 fully saturated rings. The fourth-order valence-corrected chi connectivity index (χ4v) is 5.59. The average molecular weight is 473 g/mol. The molecule has 0 N–H and O–H groups in total. The first-order valence-corrected chi connectivity index (χ1v) is 12.2. The monoisotopic (exact) mass is 472 g/mol. The lowest BCUT2D eigenvalue weighted by molar-refractivity contribution is -0.138. The number of amides is 1. The van der Waals surface area contributed by atoms with Gasteiger partial charge >= 0.3 is 6.18 Å². The fraction of sp³-hybridized carbons (Fsp3) is 0.739. The van der Waals surface area contributed by atoms with Crippen LogP contribution in [0.15, 0.2) is 12.3 Å². The zero-order chi connectivity index (χ0) is 22.7. The maximum Gasteiger partial charge on any atom is 0.417 e. The average Bonchev–Trinajstić information content (AvgIpc) is 2.79. The van der Waals surface area contributed by atoms with E-state index >= 15 is 0 Å². The smallest absolute Gasteiger partial charge is 0.355 e. The third-order valence-corrected chi connectivity index (χ3v) is 7.50. The minimum Gasteiger partial charge on any atom is -0.355 e. The van der Waals surface area contributed by atoms with Gasteiger partial charge in [-0.2, -0.15) is 13.2 Å². The van der Waals surface area contributed by atoms with Crippen molar-refractivity contribution < 1.29 is 18.0 Å².